The van der Waals surface area contributed by atoms with Crippen LogP contribution >= 0.6 is 15.9 Å². The number of halogens is 2. The summed E-state index contributed by atoms with van der Waals surface area (Å²) < 4.78 is 19.6. The van der Waals surface area contributed by atoms with Crippen LogP contribution in [-0.2, 0) is 4.74 Å². The highest BCUT2D eigenvalue weighted by atomic mass is 79.9. The number of ether oxygens (including phenoxy) is 1. The van der Waals surface area contributed by atoms with Crippen LogP contribution < -0.4 is 10.6 Å². The molecule has 0 fully saturated rings. The fourth-order valence-corrected chi connectivity index (χ4v) is 2.69. The zero-order valence-electron chi connectivity index (χ0n) is 11.7. The molecule has 1 amide bonds. The van der Waals surface area contributed by atoms with Crippen LogP contribution in [0.5, 0.6) is 0 Å². The summed E-state index contributed by atoms with van der Waals surface area (Å²) in [7, 11) is 0. The summed E-state index contributed by atoms with van der Waals surface area (Å²) in [5.41, 5.74) is 1.08. The van der Waals surface area contributed by atoms with E-state index in [1.54, 1.807) is 0 Å². The molecule has 0 aromatic heterocycles. The molecule has 110 valence electrons. The van der Waals surface area contributed by atoms with Crippen LogP contribution in [0.3, 0.4) is 0 Å². The van der Waals surface area contributed by atoms with Crippen LogP contribution in [0.4, 0.5) is 14.9 Å². The van der Waals surface area contributed by atoms with E-state index in [1.807, 2.05) is 20.8 Å². The minimum absolute atomic E-state index is 0.357. The predicted octanol–water partition coefficient (Wildman–Crippen LogP) is 3.97. The Labute approximate surface area is 126 Å². The number of anilines is 1. The van der Waals surface area contributed by atoms with Crippen LogP contribution in [0.15, 0.2) is 16.6 Å². The molecule has 1 aromatic rings. The standard InChI is InChI=1S/C14H18BrFN2O2/c1-14(2,3)18-13(19)20-11-4-5-17-12-9(11)6-8(16)7-10(12)15/h6-7,11,17H,4-5H2,1-3H3,(H,18,19). The quantitative estimate of drug-likeness (QED) is 0.810. The zero-order valence-corrected chi connectivity index (χ0v) is 13.3. The molecule has 1 aliphatic rings. The van der Waals surface area contributed by atoms with Crippen molar-refractivity contribution in [3.63, 3.8) is 0 Å². The normalized spacial score (nSPS) is 17.9. The number of carbonyl (C=O) groups is 1. The second kappa shape index (κ2) is 5.60. The second-order valence-corrected chi connectivity index (χ2v) is 6.69. The smallest absolute Gasteiger partial charge is 0.408 e. The van der Waals surface area contributed by atoms with Crippen molar-refractivity contribution >= 4 is 27.7 Å². The van der Waals surface area contributed by atoms with Gasteiger partial charge in [0.15, 0.2) is 0 Å². The number of benzene rings is 1. The van der Waals surface area contributed by atoms with Gasteiger partial charge >= 0.3 is 6.09 Å². The van der Waals surface area contributed by atoms with Crippen molar-refractivity contribution < 1.29 is 13.9 Å². The summed E-state index contributed by atoms with van der Waals surface area (Å²) >= 11 is 3.32. The van der Waals surface area contributed by atoms with Gasteiger partial charge in [-0.3, -0.25) is 0 Å². The number of carbonyl (C=O) groups excluding carboxylic acids is 1. The first kappa shape index (κ1) is 15.1. The Morgan fingerprint density at radius 2 is 2.20 bits per heavy atom. The van der Waals surface area contributed by atoms with Crippen molar-refractivity contribution in [2.45, 2.75) is 38.8 Å². The minimum Gasteiger partial charge on any atom is -0.441 e. The molecule has 20 heavy (non-hydrogen) atoms. The molecule has 0 saturated heterocycles. The highest BCUT2D eigenvalue weighted by Crippen LogP contribution is 2.38. The Bertz CT molecular complexity index is 529. The second-order valence-electron chi connectivity index (χ2n) is 5.84. The summed E-state index contributed by atoms with van der Waals surface area (Å²) in [6.45, 7) is 6.30. The lowest BCUT2D eigenvalue weighted by Gasteiger charge is -2.29. The van der Waals surface area contributed by atoms with Gasteiger partial charge in [0, 0.05) is 28.5 Å². The van der Waals surface area contributed by atoms with Gasteiger partial charge < -0.3 is 15.4 Å². The number of fused-ring (bicyclic) bond motifs is 1. The van der Waals surface area contributed by atoms with Crippen molar-refractivity contribution in [2.24, 2.45) is 0 Å². The van der Waals surface area contributed by atoms with Gasteiger partial charge in [-0.05, 0) is 48.8 Å². The van der Waals surface area contributed by atoms with E-state index in [1.165, 1.54) is 12.1 Å². The first-order valence-corrected chi connectivity index (χ1v) is 7.27. The molecule has 4 nitrogen and oxygen atoms in total. The molecule has 1 aromatic carbocycles. The highest BCUT2D eigenvalue weighted by Gasteiger charge is 2.27. The Morgan fingerprint density at radius 1 is 1.50 bits per heavy atom. The average Bonchev–Trinajstić information content (AvgIpc) is 2.27. The van der Waals surface area contributed by atoms with Crippen LogP contribution in [0.25, 0.3) is 0 Å². The van der Waals surface area contributed by atoms with Crippen molar-refractivity contribution in [3.8, 4) is 0 Å². The van der Waals surface area contributed by atoms with Gasteiger partial charge in [0.25, 0.3) is 0 Å². The summed E-state index contributed by atoms with van der Waals surface area (Å²) in [5.74, 6) is -0.357. The SMILES string of the molecule is CC(C)(C)NC(=O)OC1CCNc2c(Br)cc(F)cc21. The number of nitrogens with one attached hydrogen (secondary N) is 2. The van der Waals surface area contributed by atoms with Gasteiger partial charge in [-0.15, -0.1) is 0 Å². The molecule has 0 spiro atoms. The molecule has 2 rings (SSSR count). The highest BCUT2D eigenvalue weighted by molar-refractivity contribution is 9.10. The van der Waals surface area contributed by atoms with Gasteiger partial charge in [-0.1, -0.05) is 0 Å². The van der Waals surface area contributed by atoms with Crippen LogP contribution in [0.2, 0.25) is 0 Å². The summed E-state index contributed by atoms with van der Waals surface area (Å²) in [6.07, 6.45) is -0.322. The first-order chi connectivity index (χ1) is 9.26. The maximum atomic E-state index is 13.5. The maximum Gasteiger partial charge on any atom is 0.408 e. The fraction of sp³-hybridized carbons (Fsp3) is 0.500. The molecule has 0 radical (unpaired) electrons. The predicted molar refractivity (Wildman–Crippen MR) is 79.3 cm³/mol. The average molecular weight is 345 g/mol. The minimum atomic E-state index is -0.490. The van der Waals surface area contributed by atoms with E-state index in [0.29, 0.717) is 23.0 Å². The summed E-state index contributed by atoms with van der Waals surface area (Å²) in [5, 5.41) is 5.92. The van der Waals surface area contributed by atoms with Crippen LogP contribution in [0.1, 0.15) is 38.9 Å². The van der Waals surface area contributed by atoms with Gasteiger partial charge in [-0.25, -0.2) is 9.18 Å². The van der Waals surface area contributed by atoms with E-state index in [4.69, 9.17) is 4.74 Å². The number of alkyl carbamates (subject to hydrolysis) is 1. The van der Waals surface area contributed by atoms with E-state index >= 15 is 0 Å². The zero-order chi connectivity index (χ0) is 14.9. The van der Waals surface area contributed by atoms with Crippen molar-refractivity contribution in [3.05, 3.63) is 28.0 Å². The topological polar surface area (TPSA) is 50.4 Å². The largest absolute Gasteiger partial charge is 0.441 e. The fourth-order valence-electron chi connectivity index (χ4n) is 2.10. The lowest BCUT2D eigenvalue weighted by Crippen LogP contribution is -2.41. The van der Waals surface area contributed by atoms with Gasteiger partial charge in [0.2, 0.25) is 0 Å². The molecule has 1 unspecified atom stereocenters. The van der Waals surface area contributed by atoms with Crippen molar-refractivity contribution in [2.75, 3.05) is 11.9 Å². The molecule has 1 atom stereocenters. The Kier molecular flexibility index (Phi) is 4.22. The molecule has 2 N–H and O–H groups in total. The summed E-state index contributed by atoms with van der Waals surface area (Å²) in [6, 6.07) is 2.80. The third kappa shape index (κ3) is 3.62. The number of rotatable bonds is 1. The Hall–Kier alpha value is -1.30. The number of hydrogen-bond acceptors (Lipinski definition) is 3. The van der Waals surface area contributed by atoms with E-state index in [-0.39, 0.29) is 11.4 Å². The lowest BCUT2D eigenvalue weighted by molar-refractivity contribution is 0.0865. The molecule has 0 saturated carbocycles. The molecular weight excluding hydrogens is 327 g/mol. The molecule has 1 heterocycles. The van der Waals surface area contributed by atoms with Gasteiger partial charge in [-0.2, -0.15) is 0 Å². The lowest BCUT2D eigenvalue weighted by atomic mass is 10.0. The van der Waals surface area contributed by atoms with Crippen LogP contribution in [0, 0.1) is 5.82 Å². The first-order valence-electron chi connectivity index (χ1n) is 6.48. The van der Waals surface area contributed by atoms with Gasteiger partial charge in [0.05, 0.1) is 5.69 Å². The number of amides is 1. The van der Waals surface area contributed by atoms with Crippen LogP contribution in [-0.4, -0.2) is 18.2 Å². The third-order valence-corrected chi connectivity index (χ3v) is 3.49. The van der Waals surface area contributed by atoms with E-state index in [2.05, 4.69) is 26.6 Å². The van der Waals surface area contributed by atoms with Gasteiger partial charge in [0.1, 0.15) is 11.9 Å². The van der Waals surface area contributed by atoms with Crippen molar-refractivity contribution in [1.29, 1.82) is 0 Å². The Balaban J connectivity index is 2.19. The summed E-state index contributed by atoms with van der Waals surface area (Å²) in [4.78, 5) is 11.8. The number of hydrogen-bond donors (Lipinski definition) is 2. The third-order valence-electron chi connectivity index (χ3n) is 2.87. The molecular formula is C14H18BrFN2O2. The molecule has 0 aliphatic carbocycles. The van der Waals surface area contributed by atoms with E-state index < -0.39 is 12.2 Å². The van der Waals surface area contributed by atoms with E-state index in [9.17, 15) is 9.18 Å². The monoisotopic (exact) mass is 344 g/mol. The molecule has 1 aliphatic heterocycles. The van der Waals surface area contributed by atoms with Crippen molar-refractivity contribution in [1.82, 2.24) is 5.32 Å². The maximum absolute atomic E-state index is 13.5. The molecule has 6 heteroatoms. The van der Waals surface area contributed by atoms with E-state index in [0.717, 1.165) is 5.69 Å². The Morgan fingerprint density at radius 3 is 2.85 bits per heavy atom. The molecule has 0 bridgehead atoms.